The van der Waals surface area contributed by atoms with E-state index < -0.39 is 37.4 Å². The largest absolute Gasteiger partial charge is 0.373 e. The van der Waals surface area contributed by atoms with Crippen molar-refractivity contribution in [3.8, 4) is 0 Å². The van der Waals surface area contributed by atoms with Crippen LogP contribution in [0.1, 0.15) is 11.6 Å². The number of pyridine rings is 1. The van der Waals surface area contributed by atoms with Gasteiger partial charge in [0.15, 0.2) is 0 Å². The average Bonchev–Trinajstić information content (AvgIpc) is 2.28. The van der Waals surface area contributed by atoms with Crippen LogP contribution in [-0.2, 0) is 4.74 Å². The molecule has 0 fully saturated rings. The van der Waals surface area contributed by atoms with Crippen molar-refractivity contribution in [3.63, 3.8) is 0 Å². The average molecular weight is 270 g/mol. The van der Waals surface area contributed by atoms with Gasteiger partial charge in [-0.15, -0.1) is 0 Å². The Bertz CT molecular complexity index is 388. The van der Waals surface area contributed by atoms with Crippen molar-refractivity contribution in [2.45, 2.75) is 18.4 Å². The van der Waals surface area contributed by atoms with E-state index >= 15 is 0 Å². The van der Waals surface area contributed by atoms with Gasteiger partial charge in [0.25, 0.3) is 0 Å². The first-order chi connectivity index (χ1) is 8.33. The number of hydrogen-bond acceptors (Lipinski definition) is 3. The van der Waals surface area contributed by atoms with Crippen LogP contribution in [0.15, 0.2) is 18.5 Å². The third kappa shape index (κ3) is 4.19. The highest BCUT2D eigenvalue weighted by atomic mass is 19.3. The summed E-state index contributed by atoms with van der Waals surface area (Å²) in [5.74, 6) is -4.86. The molecule has 1 heterocycles. The topological polar surface area (TPSA) is 48.1 Å². The van der Waals surface area contributed by atoms with Crippen LogP contribution in [-0.4, -0.2) is 30.5 Å². The molecule has 0 spiro atoms. The zero-order valence-corrected chi connectivity index (χ0v) is 9.12. The Kier molecular flexibility index (Phi) is 4.97. The zero-order chi connectivity index (χ0) is 13.8. The molecule has 18 heavy (non-hydrogen) atoms. The van der Waals surface area contributed by atoms with Crippen molar-refractivity contribution in [1.29, 1.82) is 0 Å². The molecule has 0 saturated carbocycles. The Morgan fingerprint density at radius 2 is 2.00 bits per heavy atom. The normalized spacial score (nSPS) is 13.9. The summed E-state index contributed by atoms with van der Waals surface area (Å²) in [6, 6.07) is 0.147. The third-order valence-electron chi connectivity index (χ3n) is 2.07. The van der Waals surface area contributed by atoms with Gasteiger partial charge in [-0.1, -0.05) is 0 Å². The minimum atomic E-state index is -4.22. The van der Waals surface area contributed by atoms with E-state index in [0.29, 0.717) is 0 Å². The van der Waals surface area contributed by atoms with Crippen LogP contribution < -0.4 is 5.73 Å². The van der Waals surface area contributed by atoms with Crippen molar-refractivity contribution in [3.05, 3.63) is 29.8 Å². The first-order valence-corrected chi connectivity index (χ1v) is 4.92. The van der Waals surface area contributed by atoms with Gasteiger partial charge in [-0.2, -0.15) is 8.78 Å². The molecule has 1 unspecified atom stereocenters. The lowest BCUT2D eigenvalue weighted by Crippen LogP contribution is -2.33. The van der Waals surface area contributed by atoms with Gasteiger partial charge < -0.3 is 10.5 Å². The molecule has 0 aromatic carbocycles. The molecule has 8 heteroatoms. The maximum absolute atomic E-state index is 12.8. The van der Waals surface area contributed by atoms with E-state index in [2.05, 4.69) is 9.72 Å². The SMILES string of the molecule is NC(COCC(F)(F)C(F)F)c1cncc(F)c1. The molecule has 0 radical (unpaired) electrons. The molecule has 2 N–H and O–H groups in total. The molecule has 0 aliphatic heterocycles. The number of halogens is 5. The molecule has 1 aromatic rings. The molecule has 0 saturated heterocycles. The molecule has 0 bridgehead atoms. The lowest BCUT2D eigenvalue weighted by Gasteiger charge is -2.17. The smallest absolute Gasteiger partial charge is 0.330 e. The molecule has 1 aromatic heterocycles. The summed E-state index contributed by atoms with van der Waals surface area (Å²) in [6.45, 7) is -1.88. The molecule has 1 atom stereocenters. The molecule has 1 rings (SSSR count). The monoisotopic (exact) mass is 270 g/mol. The van der Waals surface area contributed by atoms with Gasteiger partial charge in [0.2, 0.25) is 0 Å². The summed E-state index contributed by atoms with van der Waals surface area (Å²) < 4.78 is 65.7. The minimum absolute atomic E-state index is 0.232. The summed E-state index contributed by atoms with van der Waals surface area (Å²) in [5.41, 5.74) is 5.74. The van der Waals surface area contributed by atoms with E-state index in [1.165, 1.54) is 6.20 Å². The second-order valence-corrected chi connectivity index (χ2v) is 3.62. The Morgan fingerprint density at radius 1 is 1.33 bits per heavy atom. The minimum Gasteiger partial charge on any atom is -0.373 e. The third-order valence-corrected chi connectivity index (χ3v) is 2.07. The molecule has 0 aliphatic rings. The Morgan fingerprint density at radius 3 is 2.56 bits per heavy atom. The van der Waals surface area contributed by atoms with Crippen molar-refractivity contribution < 1.29 is 26.7 Å². The van der Waals surface area contributed by atoms with E-state index in [1.807, 2.05) is 0 Å². The lowest BCUT2D eigenvalue weighted by molar-refractivity contribution is -0.166. The van der Waals surface area contributed by atoms with Crippen molar-refractivity contribution in [1.82, 2.24) is 4.98 Å². The maximum Gasteiger partial charge on any atom is 0.330 e. The fourth-order valence-corrected chi connectivity index (χ4v) is 1.11. The second kappa shape index (κ2) is 6.05. The number of aromatic nitrogens is 1. The number of nitrogens with zero attached hydrogens (tertiary/aromatic N) is 1. The van der Waals surface area contributed by atoms with Crippen LogP contribution >= 0.6 is 0 Å². The highest BCUT2D eigenvalue weighted by molar-refractivity contribution is 5.14. The molecular formula is C10H11F5N2O. The first kappa shape index (κ1) is 14.8. The van der Waals surface area contributed by atoms with Crippen LogP contribution in [0.3, 0.4) is 0 Å². The van der Waals surface area contributed by atoms with Gasteiger partial charge in [0, 0.05) is 6.20 Å². The van der Waals surface area contributed by atoms with Crippen LogP contribution in [0, 0.1) is 5.82 Å². The summed E-state index contributed by atoms with van der Waals surface area (Å²) in [4.78, 5) is 3.51. The van der Waals surface area contributed by atoms with Gasteiger partial charge >= 0.3 is 12.3 Å². The molecule has 3 nitrogen and oxygen atoms in total. The highest BCUT2D eigenvalue weighted by Crippen LogP contribution is 2.23. The van der Waals surface area contributed by atoms with E-state index in [9.17, 15) is 22.0 Å². The number of alkyl halides is 4. The number of ether oxygens (including phenoxy) is 1. The molecule has 102 valence electrons. The van der Waals surface area contributed by atoms with Gasteiger partial charge in [-0.25, -0.2) is 13.2 Å². The van der Waals surface area contributed by atoms with E-state index in [0.717, 1.165) is 12.3 Å². The van der Waals surface area contributed by atoms with Gasteiger partial charge in [-0.05, 0) is 11.6 Å². The van der Waals surface area contributed by atoms with Gasteiger partial charge in [0.05, 0.1) is 18.8 Å². The van der Waals surface area contributed by atoms with Crippen LogP contribution in [0.5, 0.6) is 0 Å². The highest BCUT2D eigenvalue weighted by Gasteiger charge is 2.41. The standard InChI is InChI=1S/C10H11F5N2O/c11-7-1-6(2-17-3-7)8(16)4-18-5-10(14,15)9(12)13/h1-3,8-9H,4-5,16H2. The van der Waals surface area contributed by atoms with Crippen molar-refractivity contribution in [2.75, 3.05) is 13.2 Å². The lowest BCUT2D eigenvalue weighted by atomic mass is 10.1. The quantitative estimate of drug-likeness (QED) is 0.806. The van der Waals surface area contributed by atoms with Crippen molar-refractivity contribution >= 4 is 0 Å². The van der Waals surface area contributed by atoms with E-state index in [4.69, 9.17) is 5.73 Å². The number of hydrogen-bond donors (Lipinski definition) is 1. The zero-order valence-electron chi connectivity index (χ0n) is 9.12. The fraction of sp³-hybridized carbons (Fsp3) is 0.500. The summed E-state index contributed by atoms with van der Waals surface area (Å²) in [5, 5.41) is 0. The van der Waals surface area contributed by atoms with Crippen LogP contribution in [0.4, 0.5) is 22.0 Å². The van der Waals surface area contributed by atoms with Crippen molar-refractivity contribution in [2.24, 2.45) is 5.73 Å². The van der Waals surface area contributed by atoms with Gasteiger partial charge in [-0.3, -0.25) is 4.98 Å². The van der Waals surface area contributed by atoms with E-state index in [1.54, 1.807) is 0 Å². The van der Waals surface area contributed by atoms with Crippen LogP contribution in [0.2, 0.25) is 0 Å². The van der Waals surface area contributed by atoms with E-state index in [-0.39, 0.29) is 5.56 Å². The predicted octanol–water partition coefficient (Wildman–Crippen LogP) is 2.14. The van der Waals surface area contributed by atoms with Gasteiger partial charge in [0.1, 0.15) is 12.4 Å². The summed E-state index contributed by atoms with van der Waals surface area (Å²) in [6.07, 6.45) is -1.62. The Labute approximate surface area is 99.8 Å². The molecule has 0 amide bonds. The Balaban J connectivity index is 2.45. The van der Waals surface area contributed by atoms with Crippen LogP contribution in [0.25, 0.3) is 0 Å². The predicted molar refractivity (Wildman–Crippen MR) is 52.9 cm³/mol. The second-order valence-electron chi connectivity index (χ2n) is 3.62. The fourth-order valence-electron chi connectivity index (χ4n) is 1.11. The number of nitrogens with two attached hydrogens (primary N) is 1. The molecular weight excluding hydrogens is 259 g/mol. The summed E-state index contributed by atoms with van der Waals surface area (Å²) >= 11 is 0. The number of rotatable bonds is 6. The Hall–Kier alpha value is -1.28. The first-order valence-electron chi connectivity index (χ1n) is 4.92. The summed E-state index contributed by atoms with van der Waals surface area (Å²) in [7, 11) is 0. The molecule has 0 aliphatic carbocycles. The maximum atomic E-state index is 12.8.